The molecule has 1 fully saturated rings. The van der Waals surface area contributed by atoms with Gasteiger partial charge in [0.25, 0.3) is 11.5 Å². The van der Waals surface area contributed by atoms with Crippen molar-refractivity contribution in [1.82, 2.24) is 9.88 Å². The lowest BCUT2D eigenvalue weighted by Gasteiger charge is -2.29. The second-order valence-corrected chi connectivity index (χ2v) is 7.73. The van der Waals surface area contributed by atoms with Crippen LogP contribution in [-0.4, -0.2) is 36.8 Å². The lowest BCUT2D eigenvalue weighted by molar-refractivity contribution is 0.0937. The molecule has 4 rings (SSSR count). The van der Waals surface area contributed by atoms with Crippen molar-refractivity contribution in [2.45, 2.75) is 19.5 Å². The summed E-state index contributed by atoms with van der Waals surface area (Å²) in [6, 6.07) is 21.0. The van der Waals surface area contributed by atoms with E-state index in [0.29, 0.717) is 6.54 Å². The van der Waals surface area contributed by atoms with Crippen LogP contribution in [0.2, 0.25) is 0 Å². The van der Waals surface area contributed by atoms with Gasteiger partial charge in [-0.2, -0.15) is 0 Å². The van der Waals surface area contributed by atoms with Crippen LogP contribution in [0.15, 0.2) is 77.7 Å². The van der Waals surface area contributed by atoms with Gasteiger partial charge in [-0.3, -0.25) is 9.59 Å². The summed E-state index contributed by atoms with van der Waals surface area (Å²) in [5, 5.41) is 2.96. The third-order valence-electron chi connectivity index (χ3n) is 5.58. The molecule has 1 amide bonds. The molecule has 1 unspecified atom stereocenters. The predicted molar refractivity (Wildman–Crippen MR) is 122 cm³/mol. The van der Waals surface area contributed by atoms with E-state index in [9.17, 15) is 9.59 Å². The minimum absolute atomic E-state index is 0.148. The van der Waals surface area contributed by atoms with Gasteiger partial charge in [-0.15, -0.1) is 0 Å². The Hall–Kier alpha value is -3.38. The van der Waals surface area contributed by atoms with Crippen molar-refractivity contribution < 1.29 is 9.53 Å². The van der Waals surface area contributed by atoms with Crippen LogP contribution in [0.4, 0.5) is 5.69 Å². The summed E-state index contributed by atoms with van der Waals surface area (Å²) in [6.07, 6.45) is 1.71. The Bertz CT molecular complexity index is 1070. The quantitative estimate of drug-likeness (QED) is 0.669. The molecule has 3 aromatic rings. The van der Waals surface area contributed by atoms with E-state index in [1.807, 2.05) is 49.4 Å². The maximum atomic E-state index is 12.8. The Labute approximate surface area is 182 Å². The molecule has 0 spiro atoms. The van der Waals surface area contributed by atoms with Crippen LogP contribution in [0.3, 0.4) is 0 Å². The number of rotatable bonds is 6. The average molecular weight is 418 g/mol. The number of anilines is 1. The second kappa shape index (κ2) is 9.62. The van der Waals surface area contributed by atoms with E-state index < -0.39 is 0 Å². The zero-order valence-corrected chi connectivity index (χ0v) is 17.7. The van der Waals surface area contributed by atoms with E-state index in [-0.39, 0.29) is 23.1 Å². The highest BCUT2D eigenvalue weighted by atomic mass is 16.5. The fraction of sp³-hybridized carbons (Fsp3) is 0.280. The second-order valence-electron chi connectivity index (χ2n) is 7.73. The van der Waals surface area contributed by atoms with Crippen LogP contribution < -0.4 is 15.8 Å². The standard InChI is InChI=1S/C25H27N3O3/c1-19(21-9-11-22(12-10-21)27-14-16-31-17-15-27)26-24(29)23-8-5-13-28(25(23)30)18-20-6-3-2-4-7-20/h2-13,19H,14-18H2,1H3,(H,26,29). The highest BCUT2D eigenvalue weighted by Gasteiger charge is 2.17. The Kier molecular flexibility index (Phi) is 6.48. The van der Waals surface area contributed by atoms with Crippen molar-refractivity contribution in [3.63, 3.8) is 0 Å². The number of hydrogen-bond acceptors (Lipinski definition) is 4. The number of carbonyl (C=O) groups is 1. The Morgan fingerprint density at radius 2 is 1.71 bits per heavy atom. The Morgan fingerprint density at radius 3 is 2.42 bits per heavy atom. The molecule has 0 aliphatic carbocycles. The molecule has 1 saturated heterocycles. The summed E-state index contributed by atoms with van der Waals surface area (Å²) in [4.78, 5) is 27.9. The van der Waals surface area contributed by atoms with Crippen LogP contribution >= 0.6 is 0 Å². The summed E-state index contributed by atoms with van der Waals surface area (Å²) in [5.41, 5.74) is 3.01. The third kappa shape index (κ3) is 5.03. The van der Waals surface area contributed by atoms with Gasteiger partial charge in [-0.05, 0) is 42.3 Å². The molecule has 1 atom stereocenters. The van der Waals surface area contributed by atoms with Crippen molar-refractivity contribution in [3.05, 3.63) is 100.0 Å². The number of pyridine rings is 1. The topological polar surface area (TPSA) is 63.6 Å². The number of ether oxygens (including phenoxy) is 1. The first-order valence-electron chi connectivity index (χ1n) is 10.6. The summed E-state index contributed by atoms with van der Waals surface area (Å²) in [5.74, 6) is -0.364. The van der Waals surface area contributed by atoms with E-state index in [1.54, 1.807) is 22.9 Å². The lowest BCUT2D eigenvalue weighted by Crippen LogP contribution is -2.36. The number of aromatic nitrogens is 1. The first kappa shape index (κ1) is 20.9. The molecule has 0 radical (unpaired) electrons. The molecule has 2 heterocycles. The molecule has 1 aliphatic heterocycles. The number of nitrogens with zero attached hydrogens (tertiary/aromatic N) is 2. The van der Waals surface area contributed by atoms with Gasteiger partial charge in [0.05, 0.1) is 25.8 Å². The molecule has 0 bridgehead atoms. The number of amides is 1. The van der Waals surface area contributed by atoms with Gasteiger partial charge >= 0.3 is 0 Å². The number of benzene rings is 2. The molecule has 1 aromatic heterocycles. The zero-order valence-electron chi connectivity index (χ0n) is 17.7. The summed E-state index contributed by atoms with van der Waals surface area (Å²) >= 11 is 0. The molecule has 2 aromatic carbocycles. The maximum absolute atomic E-state index is 12.8. The number of hydrogen-bond donors (Lipinski definition) is 1. The normalized spacial score (nSPS) is 14.8. The van der Waals surface area contributed by atoms with Crippen LogP contribution in [0.5, 0.6) is 0 Å². The van der Waals surface area contributed by atoms with Gasteiger partial charge in [0.15, 0.2) is 0 Å². The summed E-state index contributed by atoms with van der Waals surface area (Å²) in [7, 11) is 0. The minimum Gasteiger partial charge on any atom is -0.378 e. The molecule has 6 nitrogen and oxygen atoms in total. The van der Waals surface area contributed by atoms with E-state index in [4.69, 9.17) is 4.74 Å². The number of nitrogens with one attached hydrogen (secondary N) is 1. The molecule has 1 aliphatic rings. The van der Waals surface area contributed by atoms with E-state index in [2.05, 4.69) is 22.3 Å². The molecular weight excluding hydrogens is 390 g/mol. The van der Waals surface area contributed by atoms with Crippen molar-refractivity contribution in [2.24, 2.45) is 0 Å². The molecule has 1 N–H and O–H groups in total. The SMILES string of the molecule is CC(NC(=O)c1cccn(Cc2ccccc2)c1=O)c1ccc(N2CCOCC2)cc1. The third-order valence-corrected chi connectivity index (χ3v) is 5.58. The Balaban J connectivity index is 1.44. The van der Waals surface area contributed by atoms with Crippen molar-refractivity contribution >= 4 is 11.6 Å². The molecule has 0 saturated carbocycles. The molecule has 31 heavy (non-hydrogen) atoms. The molecule has 160 valence electrons. The lowest BCUT2D eigenvalue weighted by atomic mass is 10.1. The Morgan fingerprint density at radius 1 is 1.00 bits per heavy atom. The fourth-order valence-electron chi connectivity index (χ4n) is 3.77. The van der Waals surface area contributed by atoms with Crippen LogP contribution in [0.1, 0.15) is 34.5 Å². The monoisotopic (exact) mass is 417 g/mol. The molecule has 6 heteroatoms. The molecular formula is C25H27N3O3. The first-order chi connectivity index (χ1) is 15.1. The van der Waals surface area contributed by atoms with Gasteiger partial charge in [0.2, 0.25) is 0 Å². The van der Waals surface area contributed by atoms with Crippen LogP contribution in [0.25, 0.3) is 0 Å². The van der Waals surface area contributed by atoms with Gasteiger partial charge < -0.3 is 19.5 Å². The van der Waals surface area contributed by atoms with Gasteiger partial charge in [-0.25, -0.2) is 0 Å². The first-order valence-corrected chi connectivity index (χ1v) is 10.6. The van der Waals surface area contributed by atoms with Gasteiger partial charge in [-0.1, -0.05) is 42.5 Å². The smallest absolute Gasteiger partial charge is 0.263 e. The van der Waals surface area contributed by atoms with Crippen molar-refractivity contribution in [2.75, 3.05) is 31.2 Å². The van der Waals surface area contributed by atoms with E-state index in [1.165, 1.54) is 0 Å². The largest absolute Gasteiger partial charge is 0.378 e. The van der Waals surface area contributed by atoms with Crippen molar-refractivity contribution in [3.8, 4) is 0 Å². The average Bonchev–Trinajstić information content (AvgIpc) is 2.81. The summed E-state index contributed by atoms with van der Waals surface area (Å²) in [6.45, 7) is 5.61. The highest BCUT2D eigenvalue weighted by molar-refractivity contribution is 5.94. The zero-order chi connectivity index (χ0) is 21.6. The fourth-order valence-corrected chi connectivity index (χ4v) is 3.77. The number of morpholine rings is 1. The predicted octanol–water partition coefficient (Wildman–Crippen LogP) is 3.22. The summed E-state index contributed by atoms with van der Waals surface area (Å²) < 4.78 is 6.97. The van der Waals surface area contributed by atoms with Crippen molar-refractivity contribution in [1.29, 1.82) is 0 Å². The van der Waals surface area contributed by atoms with E-state index in [0.717, 1.165) is 43.1 Å². The maximum Gasteiger partial charge on any atom is 0.263 e. The van der Waals surface area contributed by atoms with Gasteiger partial charge in [0, 0.05) is 25.0 Å². The van der Waals surface area contributed by atoms with Crippen LogP contribution in [-0.2, 0) is 11.3 Å². The minimum atomic E-state index is -0.364. The highest BCUT2D eigenvalue weighted by Crippen LogP contribution is 2.20. The number of carbonyl (C=O) groups excluding carboxylic acids is 1. The van der Waals surface area contributed by atoms with Crippen LogP contribution in [0, 0.1) is 0 Å². The van der Waals surface area contributed by atoms with Gasteiger partial charge in [0.1, 0.15) is 5.56 Å². The van der Waals surface area contributed by atoms with E-state index >= 15 is 0 Å².